The average Bonchev–Trinajstić information content (AvgIpc) is 3.87. The van der Waals surface area contributed by atoms with E-state index < -0.39 is 0 Å². The molecule has 0 radical (unpaired) electrons. The number of hydrogen-bond acceptors (Lipinski definition) is 5. The van der Waals surface area contributed by atoms with Gasteiger partial charge in [0.15, 0.2) is 23.1 Å². The number of fused-ring (bicyclic) bond motifs is 9. The molecule has 6 heteroatoms. The van der Waals surface area contributed by atoms with E-state index in [-0.39, 0.29) is 0 Å². The zero-order chi connectivity index (χ0) is 33.5. The number of para-hydroxylation sites is 5. The van der Waals surface area contributed by atoms with Gasteiger partial charge in [-0.3, -0.25) is 0 Å². The van der Waals surface area contributed by atoms with Crippen LogP contribution in [0.3, 0.4) is 0 Å². The lowest BCUT2D eigenvalue weighted by Gasteiger charge is -2.12. The van der Waals surface area contributed by atoms with Crippen LogP contribution in [-0.2, 0) is 0 Å². The Bertz CT molecular complexity index is 3100. The van der Waals surface area contributed by atoms with Gasteiger partial charge in [-0.15, -0.1) is 0 Å². The van der Waals surface area contributed by atoms with Gasteiger partial charge in [-0.2, -0.15) is 0 Å². The standard InChI is InChI=1S/C45H26N4O2/c1-2-13-27(14-3-1)43-46-44(48-45(47-43)34-20-12-19-33-31-17-6-10-23-39(31)50-41(33)34)28-25-35-32-18-7-11-24-40(32)51-42(35)38(26-28)49-36-21-8-4-15-29(36)30-16-5-9-22-37(30)49/h1-26H. The van der Waals surface area contributed by atoms with Gasteiger partial charge in [-0.25, -0.2) is 15.0 Å². The van der Waals surface area contributed by atoms with Gasteiger partial charge in [0.05, 0.1) is 22.3 Å². The van der Waals surface area contributed by atoms with Crippen molar-refractivity contribution in [2.45, 2.75) is 0 Å². The van der Waals surface area contributed by atoms with Gasteiger partial charge in [-0.05, 0) is 42.5 Å². The summed E-state index contributed by atoms with van der Waals surface area (Å²) >= 11 is 0. The summed E-state index contributed by atoms with van der Waals surface area (Å²) in [5.74, 6) is 1.68. The van der Waals surface area contributed by atoms with E-state index in [2.05, 4.69) is 83.4 Å². The molecule has 0 fully saturated rings. The van der Waals surface area contributed by atoms with E-state index in [1.54, 1.807) is 0 Å². The first-order valence-corrected chi connectivity index (χ1v) is 16.9. The Morgan fingerprint density at radius 3 is 1.61 bits per heavy atom. The second-order valence-electron chi connectivity index (χ2n) is 12.8. The highest BCUT2D eigenvalue weighted by atomic mass is 16.3. The van der Waals surface area contributed by atoms with E-state index in [4.69, 9.17) is 23.8 Å². The molecule has 0 unspecified atom stereocenters. The molecule has 0 bridgehead atoms. The van der Waals surface area contributed by atoms with E-state index in [0.29, 0.717) is 17.5 Å². The van der Waals surface area contributed by atoms with Gasteiger partial charge < -0.3 is 13.4 Å². The van der Waals surface area contributed by atoms with Crippen molar-refractivity contribution >= 4 is 65.7 Å². The van der Waals surface area contributed by atoms with Gasteiger partial charge in [0, 0.05) is 43.4 Å². The number of aromatic nitrogens is 4. The number of benzene rings is 7. The average molecular weight is 655 g/mol. The third kappa shape index (κ3) is 4.20. The Hall–Kier alpha value is -7.05. The molecule has 0 saturated heterocycles. The molecule has 51 heavy (non-hydrogen) atoms. The third-order valence-electron chi connectivity index (χ3n) is 9.85. The molecule has 0 saturated carbocycles. The smallest absolute Gasteiger partial charge is 0.167 e. The lowest BCUT2D eigenvalue weighted by molar-refractivity contribution is 0.666. The minimum atomic E-state index is 0.541. The van der Waals surface area contributed by atoms with Crippen LogP contribution in [-0.4, -0.2) is 19.5 Å². The van der Waals surface area contributed by atoms with E-state index in [9.17, 15) is 0 Å². The summed E-state index contributed by atoms with van der Waals surface area (Å²) in [6.45, 7) is 0. The quantitative estimate of drug-likeness (QED) is 0.189. The molecule has 238 valence electrons. The molecule has 0 aliphatic carbocycles. The SMILES string of the molecule is c1ccc(-c2nc(-c3cc(-n4c5ccccc5c5ccccc54)c4oc5ccccc5c4c3)nc(-c3cccc4c3oc3ccccc34)n2)cc1. The number of furan rings is 2. The van der Waals surface area contributed by atoms with Crippen LogP contribution in [0, 0.1) is 0 Å². The van der Waals surface area contributed by atoms with Crippen LogP contribution < -0.4 is 0 Å². The Morgan fingerprint density at radius 2 is 0.902 bits per heavy atom. The monoisotopic (exact) mass is 654 g/mol. The molecule has 0 aliphatic rings. The number of hydrogen-bond donors (Lipinski definition) is 0. The van der Waals surface area contributed by atoms with Gasteiger partial charge >= 0.3 is 0 Å². The first kappa shape index (κ1) is 27.9. The first-order chi connectivity index (χ1) is 25.3. The molecule has 0 aliphatic heterocycles. The molecule has 11 aromatic rings. The van der Waals surface area contributed by atoms with E-state index in [0.717, 1.165) is 77.3 Å². The summed E-state index contributed by atoms with van der Waals surface area (Å²) in [5, 5.41) is 6.45. The van der Waals surface area contributed by atoms with E-state index >= 15 is 0 Å². The predicted molar refractivity (Wildman–Crippen MR) is 205 cm³/mol. The van der Waals surface area contributed by atoms with Crippen LogP contribution in [0.25, 0.3) is 106 Å². The van der Waals surface area contributed by atoms with Crippen molar-refractivity contribution in [3.8, 4) is 39.9 Å². The van der Waals surface area contributed by atoms with Gasteiger partial charge in [0.25, 0.3) is 0 Å². The predicted octanol–water partition coefficient (Wildman–Crippen LogP) is 11.8. The van der Waals surface area contributed by atoms with Crippen LogP contribution in [0.5, 0.6) is 0 Å². The van der Waals surface area contributed by atoms with Gasteiger partial charge in [-0.1, -0.05) is 115 Å². The molecule has 0 atom stereocenters. The zero-order valence-electron chi connectivity index (χ0n) is 27.1. The Kier molecular flexibility index (Phi) is 5.86. The lowest BCUT2D eigenvalue weighted by atomic mass is 10.1. The van der Waals surface area contributed by atoms with Gasteiger partial charge in [0.2, 0.25) is 0 Å². The van der Waals surface area contributed by atoms with Crippen molar-refractivity contribution in [2.75, 3.05) is 0 Å². The summed E-state index contributed by atoms with van der Waals surface area (Å²) in [6.07, 6.45) is 0. The molecular weight excluding hydrogens is 629 g/mol. The second kappa shape index (κ2) is 10.7. The highest BCUT2D eigenvalue weighted by molar-refractivity contribution is 6.14. The normalized spacial score (nSPS) is 11.9. The Labute approximate surface area is 290 Å². The maximum absolute atomic E-state index is 6.67. The molecule has 4 aromatic heterocycles. The van der Waals surface area contributed by atoms with Crippen LogP contribution in [0.15, 0.2) is 167 Å². The van der Waals surface area contributed by atoms with Crippen molar-refractivity contribution in [3.05, 3.63) is 158 Å². The summed E-state index contributed by atoms with van der Waals surface area (Å²) in [4.78, 5) is 15.4. The summed E-state index contributed by atoms with van der Waals surface area (Å²) in [5.41, 5.74) is 8.86. The molecule has 0 spiro atoms. The third-order valence-corrected chi connectivity index (χ3v) is 9.85. The van der Waals surface area contributed by atoms with Crippen molar-refractivity contribution in [3.63, 3.8) is 0 Å². The Morgan fingerprint density at radius 1 is 0.373 bits per heavy atom. The van der Waals surface area contributed by atoms with Crippen LogP contribution in [0.2, 0.25) is 0 Å². The van der Waals surface area contributed by atoms with Crippen LogP contribution in [0.4, 0.5) is 0 Å². The maximum Gasteiger partial charge on any atom is 0.167 e. The van der Waals surface area contributed by atoms with Crippen molar-refractivity contribution < 1.29 is 8.83 Å². The van der Waals surface area contributed by atoms with E-state index in [1.165, 1.54) is 10.8 Å². The molecular formula is C45H26N4O2. The number of rotatable bonds is 4. The maximum atomic E-state index is 6.67. The molecule has 11 rings (SSSR count). The van der Waals surface area contributed by atoms with Gasteiger partial charge in [0.1, 0.15) is 16.7 Å². The van der Waals surface area contributed by atoms with Crippen molar-refractivity contribution in [1.82, 2.24) is 19.5 Å². The van der Waals surface area contributed by atoms with Crippen molar-refractivity contribution in [2.24, 2.45) is 0 Å². The lowest BCUT2D eigenvalue weighted by Crippen LogP contribution is -2.01. The van der Waals surface area contributed by atoms with Crippen LogP contribution in [0.1, 0.15) is 0 Å². The number of nitrogens with zero attached hydrogens (tertiary/aromatic N) is 4. The highest BCUT2D eigenvalue weighted by Crippen LogP contribution is 2.41. The van der Waals surface area contributed by atoms with E-state index in [1.807, 2.05) is 78.9 Å². The summed E-state index contributed by atoms with van der Waals surface area (Å²) in [7, 11) is 0. The summed E-state index contributed by atoms with van der Waals surface area (Å²) < 4.78 is 15.4. The molecule has 6 nitrogen and oxygen atoms in total. The minimum Gasteiger partial charge on any atom is -0.455 e. The zero-order valence-corrected chi connectivity index (χ0v) is 27.1. The molecule has 0 amide bonds. The second-order valence-corrected chi connectivity index (χ2v) is 12.8. The fourth-order valence-electron chi connectivity index (χ4n) is 7.55. The fourth-order valence-corrected chi connectivity index (χ4v) is 7.55. The van der Waals surface area contributed by atoms with Crippen molar-refractivity contribution in [1.29, 1.82) is 0 Å². The largest absolute Gasteiger partial charge is 0.455 e. The minimum absolute atomic E-state index is 0.541. The topological polar surface area (TPSA) is 69.9 Å². The van der Waals surface area contributed by atoms with Crippen LogP contribution >= 0.6 is 0 Å². The molecule has 4 heterocycles. The molecule has 7 aromatic carbocycles. The fraction of sp³-hybridized carbons (Fsp3) is 0. The molecule has 0 N–H and O–H groups in total. The highest BCUT2D eigenvalue weighted by Gasteiger charge is 2.22. The first-order valence-electron chi connectivity index (χ1n) is 16.9. The summed E-state index contributed by atoms with van der Waals surface area (Å²) in [6, 6.07) is 53.8. The Balaban J connectivity index is 1.23.